The van der Waals surface area contributed by atoms with Crippen LogP contribution in [-0.2, 0) is 25.5 Å². The van der Waals surface area contributed by atoms with Gasteiger partial charge in [0, 0.05) is 0 Å². The Balaban J connectivity index is 2.51. The van der Waals surface area contributed by atoms with Gasteiger partial charge in [0.1, 0.15) is 24.5 Å². The zero-order valence-corrected chi connectivity index (χ0v) is 16.2. The van der Waals surface area contributed by atoms with Gasteiger partial charge < -0.3 is 30.6 Å². The van der Waals surface area contributed by atoms with Gasteiger partial charge in [0.2, 0.25) is 11.8 Å². The summed E-state index contributed by atoms with van der Waals surface area (Å²) in [7, 11) is 0. The van der Waals surface area contributed by atoms with Crippen LogP contribution in [0.15, 0.2) is 30.3 Å². The minimum absolute atomic E-state index is 0.280. The molecule has 4 N–H and O–H groups in total. The van der Waals surface area contributed by atoms with Crippen LogP contribution in [0, 0.1) is 0 Å². The maximum atomic E-state index is 12.2. The van der Waals surface area contributed by atoms with Crippen LogP contribution >= 0.6 is 0 Å². The van der Waals surface area contributed by atoms with Crippen molar-refractivity contribution in [2.45, 2.75) is 44.9 Å². The number of aliphatic hydroxyl groups excluding tert-OH is 1. The second-order valence-electron chi connectivity index (χ2n) is 7.10. The van der Waals surface area contributed by atoms with Crippen molar-refractivity contribution >= 4 is 24.2 Å². The molecule has 0 saturated heterocycles. The van der Waals surface area contributed by atoms with Crippen molar-refractivity contribution in [3.8, 4) is 0 Å². The van der Waals surface area contributed by atoms with E-state index in [0.29, 0.717) is 6.29 Å². The van der Waals surface area contributed by atoms with E-state index in [0.717, 1.165) is 5.56 Å². The number of nitrogens with one attached hydrogen (secondary N) is 3. The molecule has 28 heavy (non-hydrogen) atoms. The molecule has 0 aliphatic carbocycles. The number of aldehydes is 1. The van der Waals surface area contributed by atoms with Crippen LogP contribution in [-0.4, -0.2) is 60.1 Å². The van der Waals surface area contributed by atoms with E-state index < -0.39 is 48.7 Å². The number of ether oxygens (including phenoxy) is 1. The van der Waals surface area contributed by atoms with Crippen molar-refractivity contribution in [2.75, 3.05) is 13.2 Å². The molecule has 0 aromatic heterocycles. The van der Waals surface area contributed by atoms with Crippen LogP contribution in [0.3, 0.4) is 0 Å². The molecule has 0 heterocycles. The molecule has 1 aromatic rings. The molecule has 154 valence electrons. The molecule has 0 bridgehead atoms. The molecule has 0 fully saturated rings. The van der Waals surface area contributed by atoms with E-state index in [9.17, 15) is 24.3 Å². The fourth-order valence-corrected chi connectivity index (χ4v) is 2.19. The highest BCUT2D eigenvalue weighted by Gasteiger charge is 2.23. The molecule has 0 aliphatic rings. The number of benzene rings is 1. The summed E-state index contributed by atoms with van der Waals surface area (Å²) in [6, 6.07) is 7.03. The minimum atomic E-state index is -1.26. The first kappa shape index (κ1) is 23.1. The summed E-state index contributed by atoms with van der Waals surface area (Å²) >= 11 is 0. The standard InChI is InChI=1S/C19H27N3O6/c1-19(2,3)28-18(27)20-10-16(25)22-15(12-24)17(26)21-14(11-23)9-13-7-5-4-6-8-13/h4-8,11,14-15,24H,9-10,12H2,1-3H3,(H,20,27)(H,21,26)(H,22,25)/t14-,15-/m0/s1. The van der Waals surface area contributed by atoms with Crippen molar-refractivity contribution in [3.05, 3.63) is 35.9 Å². The average Bonchev–Trinajstić information content (AvgIpc) is 2.63. The third-order valence-electron chi connectivity index (χ3n) is 3.42. The molecule has 1 aromatic carbocycles. The summed E-state index contributed by atoms with van der Waals surface area (Å²) in [4.78, 5) is 46.9. The quantitative estimate of drug-likeness (QED) is 0.434. The Hall–Kier alpha value is -2.94. The molecule has 9 nitrogen and oxygen atoms in total. The Bertz CT molecular complexity index is 672. The lowest BCUT2D eigenvalue weighted by atomic mass is 10.1. The van der Waals surface area contributed by atoms with Gasteiger partial charge in [-0.15, -0.1) is 0 Å². The Morgan fingerprint density at radius 1 is 1.14 bits per heavy atom. The summed E-state index contributed by atoms with van der Waals surface area (Å²) in [5.41, 5.74) is 0.141. The van der Waals surface area contributed by atoms with Crippen LogP contribution in [0.25, 0.3) is 0 Å². The van der Waals surface area contributed by atoms with Gasteiger partial charge in [-0.05, 0) is 32.8 Å². The van der Waals surface area contributed by atoms with Crippen LogP contribution < -0.4 is 16.0 Å². The van der Waals surface area contributed by atoms with Crippen LogP contribution in [0.2, 0.25) is 0 Å². The van der Waals surface area contributed by atoms with E-state index in [1.807, 2.05) is 30.3 Å². The Morgan fingerprint density at radius 2 is 1.79 bits per heavy atom. The van der Waals surface area contributed by atoms with Crippen molar-refractivity contribution in [1.29, 1.82) is 0 Å². The molecule has 0 aliphatic heterocycles. The van der Waals surface area contributed by atoms with Crippen LogP contribution in [0.1, 0.15) is 26.3 Å². The van der Waals surface area contributed by atoms with E-state index in [1.54, 1.807) is 20.8 Å². The number of alkyl carbamates (subject to hydrolysis) is 1. The predicted octanol–water partition coefficient (Wildman–Crippen LogP) is -0.0854. The van der Waals surface area contributed by atoms with E-state index in [-0.39, 0.29) is 6.42 Å². The second kappa shape index (κ2) is 11.0. The lowest BCUT2D eigenvalue weighted by molar-refractivity contribution is -0.130. The average molecular weight is 393 g/mol. The summed E-state index contributed by atoms with van der Waals surface area (Å²) in [5, 5.41) is 16.4. The zero-order chi connectivity index (χ0) is 21.2. The van der Waals surface area contributed by atoms with Crippen molar-refractivity contribution in [3.63, 3.8) is 0 Å². The first-order chi connectivity index (χ1) is 13.1. The van der Waals surface area contributed by atoms with Gasteiger partial charge in [-0.1, -0.05) is 30.3 Å². The van der Waals surface area contributed by atoms with Gasteiger partial charge in [0.15, 0.2) is 0 Å². The molecule has 0 radical (unpaired) electrons. The van der Waals surface area contributed by atoms with Crippen LogP contribution in [0.5, 0.6) is 0 Å². The van der Waals surface area contributed by atoms with Crippen LogP contribution in [0.4, 0.5) is 4.79 Å². The summed E-state index contributed by atoms with van der Waals surface area (Å²) < 4.78 is 4.99. The predicted molar refractivity (Wildman–Crippen MR) is 101 cm³/mol. The molecule has 0 spiro atoms. The number of carbonyl (C=O) groups excluding carboxylic acids is 4. The third kappa shape index (κ3) is 9.13. The molecular weight excluding hydrogens is 366 g/mol. The molecule has 1 rings (SSSR count). The van der Waals surface area contributed by atoms with Crippen molar-refractivity contribution in [1.82, 2.24) is 16.0 Å². The molecule has 2 atom stereocenters. The summed E-state index contributed by atoms with van der Waals surface area (Å²) in [6.45, 7) is 3.94. The van der Waals surface area contributed by atoms with E-state index in [1.165, 1.54) is 0 Å². The first-order valence-corrected chi connectivity index (χ1v) is 8.81. The summed E-state index contributed by atoms with van der Waals surface area (Å²) in [6.07, 6.45) is 0.0877. The van der Waals surface area contributed by atoms with E-state index in [4.69, 9.17) is 4.74 Å². The number of hydrogen-bond donors (Lipinski definition) is 4. The number of carbonyl (C=O) groups is 4. The van der Waals surface area contributed by atoms with E-state index in [2.05, 4.69) is 16.0 Å². The van der Waals surface area contributed by atoms with Gasteiger partial charge in [0.25, 0.3) is 0 Å². The highest BCUT2D eigenvalue weighted by molar-refractivity contribution is 5.90. The summed E-state index contributed by atoms with van der Waals surface area (Å²) in [5.74, 6) is -1.40. The lowest BCUT2D eigenvalue weighted by Gasteiger charge is -2.21. The highest BCUT2D eigenvalue weighted by Crippen LogP contribution is 2.06. The molecule has 3 amide bonds. The number of amides is 3. The third-order valence-corrected chi connectivity index (χ3v) is 3.42. The topological polar surface area (TPSA) is 134 Å². The molecule has 9 heteroatoms. The maximum absolute atomic E-state index is 12.2. The highest BCUT2D eigenvalue weighted by atomic mass is 16.6. The largest absolute Gasteiger partial charge is 0.444 e. The van der Waals surface area contributed by atoms with E-state index >= 15 is 0 Å². The fraction of sp³-hybridized carbons (Fsp3) is 0.474. The smallest absolute Gasteiger partial charge is 0.408 e. The fourth-order valence-electron chi connectivity index (χ4n) is 2.19. The van der Waals surface area contributed by atoms with Crippen molar-refractivity contribution in [2.24, 2.45) is 0 Å². The Labute approximate surface area is 163 Å². The molecular formula is C19H27N3O6. The second-order valence-corrected chi connectivity index (χ2v) is 7.10. The number of aliphatic hydroxyl groups is 1. The normalized spacial score (nSPS) is 13.0. The molecule has 0 unspecified atom stereocenters. The maximum Gasteiger partial charge on any atom is 0.408 e. The zero-order valence-electron chi connectivity index (χ0n) is 16.2. The first-order valence-electron chi connectivity index (χ1n) is 8.81. The van der Waals surface area contributed by atoms with Gasteiger partial charge >= 0.3 is 6.09 Å². The Morgan fingerprint density at radius 3 is 2.32 bits per heavy atom. The lowest BCUT2D eigenvalue weighted by Crippen LogP contribution is -2.54. The molecule has 0 saturated carbocycles. The van der Waals surface area contributed by atoms with Gasteiger partial charge in [-0.3, -0.25) is 9.59 Å². The monoisotopic (exact) mass is 393 g/mol. The van der Waals surface area contributed by atoms with Gasteiger partial charge in [0.05, 0.1) is 12.6 Å². The minimum Gasteiger partial charge on any atom is -0.444 e. The Kier molecular flexibility index (Phi) is 9.10. The van der Waals surface area contributed by atoms with Crippen molar-refractivity contribution < 1.29 is 29.0 Å². The number of hydrogen-bond acceptors (Lipinski definition) is 6. The van der Waals surface area contributed by atoms with Gasteiger partial charge in [-0.2, -0.15) is 0 Å². The number of rotatable bonds is 9. The SMILES string of the molecule is CC(C)(C)OC(=O)NCC(=O)N[C@@H](CO)C(=O)N[C@H](C=O)Cc1ccccc1. The van der Waals surface area contributed by atoms with Gasteiger partial charge in [-0.25, -0.2) is 4.79 Å².